The van der Waals surface area contributed by atoms with Crippen molar-refractivity contribution in [3.8, 4) is 0 Å². The second-order valence-electron chi connectivity index (χ2n) is 3.96. The zero-order chi connectivity index (χ0) is 12.8. The van der Waals surface area contributed by atoms with Gasteiger partial charge in [0, 0.05) is 11.4 Å². The normalized spacial score (nSPS) is 10.8. The van der Waals surface area contributed by atoms with Crippen molar-refractivity contribution < 1.29 is 4.39 Å². The van der Waals surface area contributed by atoms with Crippen molar-refractivity contribution >= 4 is 23.1 Å². The van der Waals surface area contributed by atoms with Gasteiger partial charge in [0.1, 0.15) is 5.82 Å². The largest absolute Gasteiger partial charge is 0.313 e. The molecule has 0 radical (unpaired) electrons. The maximum absolute atomic E-state index is 13.3. The van der Waals surface area contributed by atoms with Gasteiger partial charge in [0.05, 0.1) is 4.21 Å². The number of benzene rings is 1. The predicted molar refractivity (Wildman–Crippen MR) is 76.8 cm³/mol. The fraction of sp³-hybridized carbons (Fsp3) is 0.286. The summed E-state index contributed by atoms with van der Waals surface area (Å²) in [5.41, 5.74) is 1.03. The first-order valence-corrected chi connectivity index (χ1v) is 7.69. The van der Waals surface area contributed by atoms with Crippen LogP contribution in [0.4, 0.5) is 4.39 Å². The Morgan fingerprint density at radius 2 is 2.22 bits per heavy atom. The number of rotatable bonds is 6. The van der Waals surface area contributed by atoms with E-state index in [1.807, 2.05) is 12.1 Å². The Labute approximate surface area is 115 Å². The summed E-state index contributed by atoms with van der Waals surface area (Å²) in [5.74, 6) is -0.168. The topological polar surface area (TPSA) is 12.0 Å². The highest BCUT2D eigenvalue weighted by Gasteiger charge is 2.06. The van der Waals surface area contributed by atoms with Gasteiger partial charge in [-0.3, -0.25) is 0 Å². The van der Waals surface area contributed by atoms with Crippen molar-refractivity contribution in [2.75, 3.05) is 6.54 Å². The van der Waals surface area contributed by atoms with Gasteiger partial charge in [-0.05, 0) is 48.2 Å². The summed E-state index contributed by atoms with van der Waals surface area (Å²) >= 11 is 3.41. The molecule has 1 aromatic heterocycles. The molecule has 0 saturated heterocycles. The molecule has 2 rings (SSSR count). The van der Waals surface area contributed by atoms with Gasteiger partial charge < -0.3 is 5.32 Å². The molecule has 1 N–H and O–H groups in total. The third-order valence-corrected chi connectivity index (χ3v) is 4.63. The Kier molecular flexibility index (Phi) is 5.23. The molecule has 0 atom stereocenters. The number of halogens is 1. The van der Waals surface area contributed by atoms with Crippen molar-refractivity contribution in [3.05, 3.63) is 47.1 Å². The van der Waals surface area contributed by atoms with Crippen LogP contribution in [0, 0.1) is 5.82 Å². The first-order valence-electron chi connectivity index (χ1n) is 6.00. The lowest BCUT2D eigenvalue weighted by Gasteiger charge is -2.09. The fourth-order valence-electron chi connectivity index (χ4n) is 1.62. The summed E-state index contributed by atoms with van der Waals surface area (Å²) in [7, 11) is 0. The summed E-state index contributed by atoms with van der Waals surface area (Å²) in [6.45, 7) is 3.80. The van der Waals surface area contributed by atoms with Crippen LogP contribution in [0.25, 0.3) is 0 Å². The van der Waals surface area contributed by atoms with E-state index in [1.54, 1.807) is 29.2 Å². The highest BCUT2D eigenvalue weighted by molar-refractivity contribution is 8.01. The zero-order valence-corrected chi connectivity index (χ0v) is 11.9. The van der Waals surface area contributed by atoms with E-state index in [4.69, 9.17) is 0 Å². The zero-order valence-electron chi connectivity index (χ0n) is 10.3. The molecule has 1 heterocycles. The van der Waals surface area contributed by atoms with E-state index < -0.39 is 0 Å². The molecule has 1 aromatic carbocycles. The van der Waals surface area contributed by atoms with Crippen LogP contribution in [0.15, 0.2) is 44.8 Å². The molecule has 0 aliphatic heterocycles. The molecular weight excluding hydrogens is 265 g/mol. The van der Waals surface area contributed by atoms with E-state index in [9.17, 15) is 4.39 Å². The third kappa shape index (κ3) is 3.83. The van der Waals surface area contributed by atoms with Gasteiger partial charge in [-0.25, -0.2) is 4.39 Å². The van der Waals surface area contributed by atoms with Crippen LogP contribution < -0.4 is 5.32 Å². The lowest BCUT2D eigenvalue weighted by molar-refractivity contribution is 0.615. The molecule has 0 aliphatic carbocycles. The molecular formula is C14H16FNS2. The molecule has 0 fully saturated rings. The molecule has 1 nitrogen and oxygen atoms in total. The van der Waals surface area contributed by atoms with Gasteiger partial charge in [-0.1, -0.05) is 24.8 Å². The molecule has 0 unspecified atom stereocenters. The van der Waals surface area contributed by atoms with Crippen LogP contribution in [-0.4, -0.2) is 6.54 Å². The molecule has 0 bridgehead atoms. The average Bonchev–Trinajstić information content (AvgIpc) is 2.86. The minimum Gasteiger partial charge on any atom is -0.313 e. The van der Waals surface area contributed by atoms with Crippen LogP contribution in [0.5, 0.6) is 0 Å². The summed E-state index contributed by atoms with van der Waals surface area (Å²) in [6, 6.07) is 9.13. The fourth-order valence-corrected chi connectivity index (χ4v) is 3.45. The molecule has 2 aromatic rings. The van der Waals surface area contributed by atoms with Crippen LogP contribution >= 0.6 is 23.1 Å². The van der Waals surface area contributed by atoms with E-state index in [1.165, 1.54) is 10.3 Å². The highest BCUT2D eigenvalue weighted by Crippen LogP contribution is 2.33. The smallest absolute Gasteiger partial charge is 0.123 e. The van der Waals surface area contributed by atoms with Gasteiger partial charge in [0.15, 0.2) is 0 Å². The standard InChI is InChI=1S/C14H16FNS2/c1-2-7-16-10-11-9-12(15)5-6-13(11)18-14-4-3-8-17-14/h3-6,8-9,16H,2,7,10H2,1H3. The van der Waals surface area contributed by atoms with Gasteiger partial charge in [-0.2, -0.15) is 0 Å². The van der Waals surface area contributed by atoms with Crippen LogP contribution in [0.3, 0.4) is 0 Å². The van der Waals surface area contributed by atoms with Crippen LogP contribution in [0.2, 0.25) is 0 Å². The van der Waals surface area contributed by atoms with E-state index >= 15 is 0 Å². The molecule has 4 heteroatoms. The molecule has 0 spiro atoms. The molecule has 18 heavy (non-hydrogen) atoms. The number of hydrogen-bond acceptors (Lipinski definition) is 3. The van der Waals surface area contributed by atoms with Crippen molar-refractivity contribution in [2.45, 2.75) is 29.0 Å². The summed E-state index contributed by atoms with van der Waals surface area (Å²) in [6.07, 6.45) is 1.09. The number of hydrogen-bond donors (Lipinski definition) is 1. The van der Waals surface area contributed by atoms with Crippen molar-refractivity contribution in [1.82, 2.24) is 5.32 Å². The lowest BCUT2D eigenvalue weighted by atomic mass is 10.2. The molecule has 0 amide bonds. The molecule has 0 saturated carbocycles. The number of thiophene rings is 1. The Hall–Kier alpha value is -0.840. The SMILES string of the molecule is CCCNCc1cc(F)ccc1Sc1cccs1. The molecule has 96 valence electrons. The average molecular weight is 281 g/mol. The van der Waals surface area contributed by atoms with E-state index in [0.717, 1.165) is 30.0 Å². The first-order chi connectivity index (χ1) is 8.79. The summed E-state index contributed by atoms with van der Waals surface area (Å²) in [5, 5.41) is 5.38. The number of nitrogens with one attached hydrogen (secondary N) is 1. The monoisotopic (exact) mass is 281 g/mol. The highest BCUT2D eigenvalue weighted by atomic mass is 32.2. The van der Waals surface area contributed by atoms with Crippen molar-refractivity contribution in [1.29, 1.82) is 0 Å². The second-order valence-corrected chi connectivity index (χ2v) is 6.25. The summed E-state index contributed by atoms with van der Waals surface area (Å²) < 4.78 is 14.5. The third-order valence-electron chi connectivity index (χ3n) is 2.47. The first kappa shape index (κ1) is 13.6. The van der Waals surface area contributed by atoms with E-state index in [0.29, 0.717) is 0 Å². The minimum atomic E-state index is -0.168. The maximum atomic E-state index is 13.3. The Morgan fingerprint density at radius 3 is 2.94 bits per heavy atom. The van der Waals surface area contributed by atoms with E-state index in [-0.39, 0.29) is 5.82 Å². The lowest BCUT2D eigenvalue weighted by Crippen LogP contribution is -2.14. The Balaban J connectivity index is 2.12. The van der Waals surface area contributed by atoms with Crippen LogP contribution in [-0.2, 0) is 6.54 Å². The quantitative estimate of drug-likeness (QED) is 0.780. The Bertz CT molecular complexity index is 483. The van der Waals surface area contributed by atoms with E-state index in [2.05, 4.69) is 23.7 Å². The minimum absolute atomic E-state index is 0.168. The maximum Gasteiger partial charge on any atom is 0.123 e. The van der Waals surface area contributed by atoms with Crippen molar-refractivity contribution in [3.63, 3.8) is 0 Å². The van der Waals surface area contributed by atoms with Crippen LogP contribution in [0.1, 0.15) is 18.9 Å². The van der Waals surface area contributed by atoms with Gasteiger partial charge >= 0.3 is 0 Å². The second kappa shape index (κ2) is 6.92. The van der Waals surface area contributed by atoms with Gasteiger partial charge in [-0.15, -0.1) is 11.3 Å². The summed E-state index contributed by atoms with van der Waals surface area (Å²) in [4.78, 5) is 1.13. The van der Waals surface area contributed by atoms with Crippen molar-refractivity contribution in [2.24, 2.45) is 0 Å². The van der Waals surface area contributed by atoms with Gasteiger partial charge in [0.25, 0.3) is 0 Å². The molecule has 0 aliphatic rings. The predicted octanol–water partition coefficient (Wildman–Crippen LogP) is 4.54. The Morgan fingerprint density at radius 1 is 1.33 bits per heavy atom. The van der Waals surface area contributed by atoms with Gasteiger partial charge in [0.2, 0.25) is 0 Å².